The fourth-order valence-corrected chi connectivity index (χ4v) is 1.57. The average molecular weight is 284 g/mol. The summed E-state index contributed by atoms with van der Waals surface area (Å²) in [6.07, 6.45) is -1.93. The number of aromatic nitrogens is 2. The van der Waals surface area contributed by atoms with Gasteiger partial charge in [0.25, 0.3) is 0 Å². The van der Waals surface area contributed by atoms with Crippen LogP contribution >= 0.6 is 0 Å². The summed E-state index contributed by atoms with van der Waals surface area (Å²) in [6, 6.07) is 5.57. The van der Waals surface area contributed by atoms with Gasteiger partial charge in [-0.3, -0.25) is 9.97 Å². The number of methoxy groups -OCH3 is 1. The molecule has 2 aromatic heterocycles. The first kappa shape index (κ1) is 14.3. The summed E-state index contributed by atoms with van der Waals surface area (Å²) < 4.78 is 48.9. The molecule has 2 rings (SSSR count). The summed E-state index contributed by atoms with van der Waals surface area (Å²) >= 11 is 0. The quantitative estimate of drug-likeness (QED) is 0.809. The van der Waals surface area contributed by atoms with E-state index in [2.05, 4.69) is 14.7 Å². The van der Waals surface area contributed by atoms with Gasteiger partial charge in [0.2, 0.25) is 0 Å². The van der Waals surface area contributed by atoms with Crippen LogP contribution in [0.1, 0.15) is 5.56 Å². The van der Waals surface area contributed by atoms with Crippen LogP contribution in [0.2, 0.25) is 0 Å². The lowest BCUT2D eigenvalue weighted by Gasteiger charge is -2.13. The number of pyridine rings is 2. The Morgan fingerprint density at radius 2 is 2.00 bits per heavy atom. The number of alkyl halides is 3. The Hall–Kier alpha value is -2.15. The number of nitrogens with zero attached hydrogens (tertiary/aromatic N) is 2. The van der Waals surface area contributed by atoms with Crippen LogP contribution in [0.15, 0.2) is 36.7 Å². The van der Waals surface area contributed by atoms with E-state index in [-0.39, 0.29) is 23.9 Å². The highest BCUT2D eigenvalue weighted by Crippen LogP contribution is 2.37. The molecule has 0 amide bonds. The lowest BCUT2D eigenvalue weighted by atomic mass is 10.1. The Morgan fingerprint density at radius 3 is 2.60 bits per heavy atom. The zero-order chi connectivity index (χ0) is 14.6. The summed E-state index contributed by atoms with van der Waals surface area (Å²) in [6.45, 7) is -0.151. The molecule has 0 aromatic carbocycles. The van der Waals surface area contributed by atoms with Crippen molar-refractivity contribution in [3.8, 4) is 17.1 Å². The Kier molecular flexibility index (Phi) is 4.19. The van der Waals surface area contributed by atoms with Gasteiger partial charge in [-0.15, -0.1) is 0 Å². The van der Waals surface area contributed by atoms with Crippen molar-refractivity contribution >= 4 is 0 Å². The smallest absolute Gasteiger partial charge is 0.418 e. The number of halogens is 3. The van der Waals surface area contributed by atoms with Gasteiger partial charge >= 0.3 is 6.18 Å². The van der Waals surface area contributed by atoms with Crippen molar-refractivity contribution in [2.45, 2.75) is 6.18 Å². The van der Waals surface area contributed by atoms with Crippen molar-refractivity contribution in [1.29, 1.82) is 0 Å². The van der Waals surface area contributed by atoms with Crippen LogP contribution in [0.5, 0.6) is 5.75 Å². The molecule has 2 heterocycles. The fourth-order valence-electron chi connectivity index (χ4n) is 1.57. The topological polar surface area (TPSA) is 44.2 Å². The summed E-state index contributed by atoms with van der Waals surface area (Å²) in [7, 11) is 1.38. The summed E-state index contributed by atoms with van der Waals surface area (Å²) in [5.41, 5.74) is -0.981. The standard InChI is InChI=1S/C13H11F3N2O2/c1-19-8-20-9-6-10(13(14,15)16)12(18-7-9)11-4-2-3-5-17-11/h2-7H,8H2,1H3. The predicted molar refractivity (Wildman–Crippen MR) is 65.0 cm³/mol. The minimum atomic E-state index is -4.55. The van der Waals surface area contributed by atoms with E-state index in [1.807, 2.05) is 0 Å². The molecule has 0 aliphatic heterocycles. The highest BCUT2D eigenvalue weighted by atomic mass is 19.4. The van der Waals surface area contributed by atoms with Gasteiger partial charge in [-0.05, 0) is 18.2 Å². The second kappa shape index (κ2) is 5.87. The van der Waals surface area contributed by atoms with Gasteiger partial charge in [0, 0.05) is 13.3 Å². The van der Waals surface area contributed by atoms with Gasteiger partial charge in [-0.1, -0.05) is 6.07 Å². The predicted octanol–water partition coefficient (Wildman–Crippen LogP) is 3.15. The third-order valence-corrected chi connectivity index (χ3v) is 2.42. The molecule has 2 aromatic rings. The van der Waals surface area contributed by atoms with Crippen LogP contribution in [0.4, 0.5) is 13.2 Å². The van der Waals surface area contributed by atoms with E-state index in [9.17, 15) is 13.2 Å². The van der Waals surface area contributed by atoms with Gasteiger partial charge in [0.1, 0.15) is 11.4 Å². The second-order valence-corrected chi connectivity index (χ2v) is 3.83. The first-order valence-corrected chi connectivity index (χ1v) is 5.62. The molecule has 0 saturated carbocycles. The monoisotopic (exact) mass is 284 g/mol. The highest BCUT2D eigenvalue weighted by Gasteiger charge is 2.35. The van der Waals surface area contributed by atoms with Gasteiger partial charge in [0.15, 0.2) is 6.79 Å². The van der Waals surface area contributed by atoms with Crippen LogP contribution in [0, 0.1) is 0 Å². The third-order valence-electron chi connectivity index (χ3n) is 2.42. The van der Waals surface area contributed by atoms with Crippen LogP contribution in [-0.2, 0) is 10.9 Å². The number of hydrogen-bond acceptors (Lipinski definition) is 4. The minimum absolute atomic E-state index is 0.0149. The SMILES string of the molecule is COCOc1cnc(-c2ccccn2)c(C(F)(F)F)c1. The van der Waals surface area contributed by atoms with E-state index in [0.717, 1.165) is 6.07 Å². The molecular weight excluding hydrogens is 273 g/mol. The second-order valence-electron chi connectivity index (χ2n) is 3.83. The first-order chi connectivity index (χ1) is 9.52. The number of hydrogen-bond donors (Lipinski definition) is 0. The summed E-state index contributed by atoms with van der Waals surface area (Å²) in [4.78, 5) is 7.69. The molecule has 0 aliphatic carbocycles. The summed E-state index contributed by atoms with van der Waals surface area (Å²) in [5, 5.41) is 0. The lowest BCUT2D eigenvalue weighted by Crippen LogP contribution is -2.10. The Labute approximate surface area is 113 Å². The van der Waals surface area contributed by atoms with Crippen molar-refractivity contribution in [2.24, 2.45) is 0 Å². The highest BCUT2D eigenvalue weighted by molar-refractivity contribution is 5.60. The van der Waals surface area contributed by atoms with Crippen molar-refractivity contribution in [2.75, 3.05) is 13.9 Å². The van der Waals surface area contributed by atoms with Gasteiger partial charge in [-0.2, -0.15) is 13.2 Å². The molecule has 0 spiro atoms. The van der Waals surface area contributed by atoms with E-state index in [1.54, 1.807) is 12.1 Å². The molecule has 0 bridgehead atoms. The van der Waals surface area contributed by atoms with Gasteiger partial charge in [-0.25, -0.2) is 0 Å². The maximum absolute atomic E-state index is 13.1. The first-order valence-electron chi connectivity index (χ1n) is 5.62. The fraction of sp³-hybridized carbons (Fsp3) is 0.231. The molecule has 20 heavy (non-hydrogen) atoms. The maximum atomic E-state index is 13.1. The Bertz CT molecular complexity index is 574. The van der Waals surface area contributed by atoms with Crippen LogP contribution in [0.3, 0.4) is 0 Å². The molecule has 0 unspecified atom stereocenters. The van der Waals surface area contributed by atoms with Crippen molar-refractivity contribution in [3.05, 3.63) is 42.2 Å². The van der Waals surface area contributed by atoms with E-state index in [4.69, 9.17) is 4.74 Å². The zero-order valence-corrected chi connectivity index (χ0v) is 10.5. The van der Waals surface area contributed by atoms with E-state index < -0.39 is 11.7 Å². The largest absolute Gasteiger partial charge is 0.466 e. The normalized spacial score (nSPS) is 11.4. The van der Waals surface area contributed by atoms with E-state index >= 15 is 0 Å². The molecule has 0 N–H and O–H groups in total. The summed E-state index contributed by atoms with van der Waals surface area (Å²) in [5.74, 6) is -0.0149. The van der Waals surface area contributed by atoms with Crippen molar-refractivity contribution in [1.82, 2.24) is 9.97 Å². The van der Waals surface area contributed by atoms with Gasteiger partial charge in [0.05, 0.1) is 17.5 Å². The molecule has 0 fully saturated rings. The molecule has 4 nitrogen and oxygen atoms in total. The number of rotatable bonds is 4. The third kappa shape index (κ3) is 3.24. The molecule has 106 valence electrons. The molecule has 0 radical (unpaired) electrons. The molecule has 0 atom stereocenters. The lowest BCUT2D eigenvalue weighted by molar-refractivity contribution is -0.137. The van der Waals surface area contributed by atoms with E-state index in [1.165, 1.54) is 25.6 Å². The average Bonchev–Trinajstić information content (AvgIpc) is 2.45. The molecule has 7 heteroatoms. The van der Waals surface area contributed by atoms with Crippen LogP contribution in [0.25, 0.3) is 11.4 Å². The Morgan fingerprint density at radius 1 is 1.20 bits per heavy atom. The molecular formula is C13H11F3N2O2. The zero-order valence-electron chi connectivity index (χ0n) is 10.5. The maximum Gasteiger partial charge on any atom is 0.418 e. The van der Waals surface area contributed by atoms with Crippen molar-refractivity contribution in [3.63, 3.8) is 0 Å². The molecule has 0 saturated heterocycles. The van der Waals surface area contributed by atoms with Crippen molar-refractivity contribution < 1.29 is 22.6 Å². The minimum Gasteiger partial charge on any atom is -0.466 e. The van der Waals surface area contributed by atoms with Crippen LogP contribution < -0.4 is 4.74 Å². The van der Waals surface area contributed by atoms with Gasteiger partial charge < -0.3 is 9.47 Å². The number of ether oxygens (including phenoxy) is 2. The molecule has 0 aliphatic rings. The Balaban J connectivity index is 2.47. The van der Waals surface area contributed by atoms with Crippen LogP contribution in [-0.4, -0.2) is 23.9 Å². The van der Waals surface area contributed by atoms with E-state index in [0.29, 0.717) is 0 Å².